The van der Waals surface area contributed by atoms with Gasteiger partial charge in [0.25, 0.3) is 0 Å². The first kappa shape index (κ1) is 13.5. The molecule has 1 heterocycles. The number of hydrogen-bond acceptors (Lipinski definition) is 3. The predicted molar refractivity (Wildman–Crippen MR) is 90.6 cm³/mol. The van der Waals surface area contributed by atoms with Crippen molar-refractivity contribution in [1.82, 2.24) is 10.2 Å². The Kier molecular flexibility index (Phi) is 3.45. The van der Waals surface area contributed by atoms with Crippen LogP contribution in [0, 0.1) is 0 Å². The fourth-order valence-corrected chi connectivity index (χ4v) is 2.78. The minimum Gasteiger partial charge on any atom is -0.423 e. The largest absolute Gasteiger partial charge is 0.423 e. The molecule has 1 aromatic heterocycles. The van der Waals surface area contributed by atoms with Crippen LogP contribution in [0.4, 0.5) is 0 Å². The Morgan fingerprint density at radius 2 is 1.17 bits per heavy atom. The van der Waals surface area contributed by atoms with E-state index in [1.807, 2.05) is 36.4 Å². The van der Waals surface area contributed by atoms with Crippen LogP contribution >= 0.6 is 0 Å². The summed E-state index contributed by atoms with van der Waals surface area (Å²) >= 11 is 0. The Morgan fingerprint density at radius 3 is 1.65 bits per heavy atom. The molecule has 0 aliphatic rings. The average molecular weight is 298 g/mol. The lowest BCUT2D eigenvalue weighted by atomic mass is 9.92. The van der Waals surface area contributed by atoms with Crippen molar-refractivity contribution in [3.8, 4) is 33.7 Å². The van der Waals surface area contributed by atoms with Gasteiger partial charge in [0, 0.05) is 0 Å². The molecule has 0 fully saturated rings. The van der Waals surface area contributed by atoms with Crippen molar-refractivity contribution >= 4 is 0 Å². The fourth-order valence-electron chi connectivity index (χ4n) is 2.78. The maximum atomic E-state index is 5.52. The minimum atomic E-state index is 0.531. The summed E-state index contributed by atoms with van der Waals surface area (Å²) in [6, 6.07) is 26.7. The second-order valence-electron chi connectivity index (χ2n) is 5.20. The molecule has 0 unspecified atom stereocenters. The van der Waals surface area contributed by atoms with Gasteiger partial charge in [-0.1, -0.05) is 78.9 Å². The molecule has 0 saturated carbocycles. The van der Waals surface area contributed by atoms with Crippen molar-refractivity contribution in [3.63, 3.8) is 0 Å². The van der Waals surface area contributed by atoms with E-state index in [1.54, 1.807) is 0 Å². The zero-order valence-corrected chi connectivity index (χ0v) is 12.4. The predicted octanol–water partition coefficient (Wildman–Crippen LogP) is 5.07. The van der Waals surface area contributed by atoms with Gasteiger partial charge in [-0.05, 0) is 22.3 Å². The van der Waals surface area contributed by atoms with Crippen LogP contribution in [-0.2, 0) is 0 Å². The van der Waals surface area contributed by atoms with E-state index < -0.39 is 0 Å². The molecule has 0 amide bonds. The van der Waals surface area contributed by atoms with E-state index in [0.29, 0.717) is 5.89 Å². The summed E-state index contributed by atoms with van der Waals surface area (Å²) in [5, 5.41) is 7.99. The molecule has 3 aromatic carbocycles. The molecular formula is C20H14N2O. The topological polar surface area (TPSA) is 38.9 Å². The second kappa shape index (κ2) is 5.89. The summed E-state index contributed by atoms with van der Waals surface area (Å²) in [5.74, 6) is 0.531. The molecule has 0 spiro atoms. The number of aromatic nitrogens is 2. The van der Waals surface area contributed by atoms with Crippen LogP contribution in [-0.4, -0.2) is 10.2 Å². The number of benzene rings is 3. The van der Waals surface area contributed by atoms with Crippen molar-refractivity contribution in [2.24, 2.45) is 0 Å². The molecule has 23 heavy (non-hydrogen) atoms. The number of nitrogens with zero attached hydrogens (tertiary/aromatic N) is 2. The number of hydrogen-bond donors (Lipinski definition) is 0. The minimum absolute atomic E-state index is 0.531. The zero-order valence-electron chi connectivity index (χ0n) is 12.4. The van der Waals surface area contributed by atoms with E-state index in [1.165, 1.54) is 6.39 Å². The Hall–Kier alpha value is -3.20. The average Bonchev–Trinajstić information content (AvgIpc) is 3.17. The van der Waals surface area contributed by atoms with Gasteiger partial charge in [-0.25, -0.2) is 0 Å². The normalized spacial score (nSPS) is 10.6. The van der Waals surface area contributed by atoms with E-state index >= 15 is 0 Å². The van der Waals surface area contributed by atoms with Gasteiger partial charge in [0.2, 0.25) is 12.3 Å². The summed E-state index contributed by atoms with van der Waals surface area (Å²) in [6.45, 7) is 0. The van der Waals surface area contributed by atoms with Crippen LogP contribution in [0.2, 0.25) is 0 Å². The van der Waals surface area contributed by atoms with E-state index in [-0.39, 0.29) is 0 Å². The molecule has 0 radical (unpaired) electrons. The van der Waals surface area contributed by atoms with Crippen molar-refractivity contribution in [2.75, 3.05) is 0 Å². The lowest BCUT2D eigenvalue weighted by Gasteiger charge is -2.12. The highest BCUT2D eigenvalue weighted by Crippen LogP contribution is 2.38. The van der Waals surface area contributed by atoms with E-state index in [4.69, 9.17) is 4.42 Å². The molecule has 4 aromatic rings. The zero-order chi connectivity index (χ0) is 15.5. The molecule has 0 aliphatic carbocycles. The SMILES string of the molecule is c1ccc(-c2cccc(-c3ccccc3)c2-c2nnco2)cc1. The molecule has 0 atom stereocenters. The highest BCUT2D eigenvalue weighted by atomic mass is 16.4. The van der Waals surface area contributed by atoms with Crippen LogP contribution < -0.4 is 0 Å². The Morgan fingerprint density at radius 1 is 0.609 bits per heavy atom. The van der Waals surface area contributed by atoms with E-state index in [0.717, 1.165) is 27.8 Å². The van der Waals surface area contributed by atoms with Gasteiger partial charge in [-0.15, -0.1) is 10.2 Å². The Bertz CT molecular complexity index is 843. The van der Waals surface area contributed by atoms with Crippen LogP contribution in [0.15, 0.2) is 89.7 Å². The monoisotopic (exact) mass is 298 g/mol. The molecule has 0 bridgehead atoms. The van der Waals surface area contributed by atoms with Gasteiger partial charge in [0.05, 0.1) is 5.56 Å². The lowest BCUT2D eigenvalue weighted by molar-refractivity contribution is 0.569. The van der Waals surface area contributed by atoms with Gasteiger partial charge >= 0.3 is 0 Å². The van der Waals surface area contributed by atoms with Crippen LogP contribution in [0.5, 0.6) is 0 Å². The standard InChI is InChI=1S/C20H14N2O/c1-3-8-15(9-4-1)17-12-7-13-18(16-10-5-2-6-11-16)19(17)20-22-21-14-23-20/h1-14H. The summed E-state index contributed by atoms with van der Waals surface area (Å²) in [5.41, 5.74) is 5.37. The summed E-state index contributed by atoms with van der Waals surface area (Å²) in [7, 11) is 0. The molecule has 110 valence electrons. The first-order valence-electron chi connectivity index (χ1n) is 7.44. The van der Waals surface area contributed by atoms with Gasteiger partial charge < -0.3 is 4.42 Å². The van der Waals surface area contributed by atoms with Crippen LogP contribution in [0.25, 0.3) is 33.7 Å². The van der Waals surface area contributed by atoms with Crippen molar-refractivity contribution in [3.05, 3.63) is 85.3 Å². The van der Waals surface area contributed by atoms with Crippen LogP contribution in [0.3, 0.4) is 0 Å². The Labute approximate surface area is 134 Å². The molecule has 0 N–H and O–H groups in total. The van der Waals surface area contributed by atoms with E-state index in [2.05, 4.69) is 52.7 Å². The quantitative estimate of drug-likeness (QED) is 0.530. The first-order valence-corrected chi connectivity index (χ1v) is 7.44. The summed E-state index contributed by atoms with van der Waals surface area (Å²) in [4.78, 5) is 0. The second-order valence-corrected chi connectivity index (χ2v) is 5.20. The fraction of sp³-hybridized carbons (Fsp3) is 0. The van der Waals surface area contributed by atoms with Crippen LogP contribution in [0.1, 0.15) is 0 Å². The van der Waals surface area contributed by atoms with Crippen molar-refractivity contribution in [2.45, 2.75) is 0 Å². The highest BCUT2D eigenvalue weighted by molar-refractivity contribution is 5.91. The third-order valence-electron chi connectivity index (χ3n) is 3.81. The van der Waals surface area contributed by atoms with Gasteiger partial charge in [0.1, 0.15) is 0 Å². The summed E-state index contributed by atoms with van der Waals surface area (Å²) < 4.78 is 5.52. The van der Waals surface area contributed by atoms with Crippen molar-refractivity contribution < 1.29 is 4.42 Å². The van der Waals surface area contributed by atoms with Crippen molar-refractivity contribution in [1.29, 1.82) is 0 Å². The molecule has 3 heteroatoms. The maximum absolute atomic E-state index is 5.52. The molecule has 3 nitrogen and oxygen atoms in total. The van der Waals surface area contributed by atoms with E-state index in [9.17, 15) is 0 Å². The van der Waals surface area contributed by atoms with Gasteiger partial charge in [-0.3, -0.25) is 0 Å². The molecular weight excluding hydrogens is 284 g/mol. The number of rotatable bonds is 3. The molecule has 0 saturated heterocycles. The summed E-state index contributed by atoms with van der Waals surface area (Å²) in [6.07, 6.45) is 1.37. The smallest absolute Gasteiger partial charge is 0.248 e. The third kappa shape index (κ3) is 2.53. The van der Waals surface area contributed by atoms with Gasteiger partial charge in [-0.2, -0.15) is 0 Å². The first-order chi connectivity index (χ1) is 11.4. The maximum Gasteiger partial charge on any atom is 0.248 e. The molecule has 0 aliphatic heterocycles. The molecule has 4 rings (SSSR count). The highest BCUT2D eigenvalue weighted by Gasteiger charge is 2.17. The third-order valence-corrected chi connectivity index (χ3v) is 3.81. The Balaban J connectivity index is 2.01. The van der Waals surface area contributed by atoms with Gasteiger partial charge in [0.15, 0.2) is 0 Å². The lowest BCUT2D eigenvalue weighted by Crippen LogP contribution is -1.90.